The van der Waals surface area contributed by atoms with E-state index in [0.29, 0.717) is 33.7 Å². The number of pyridine rings is 1. The Morgan fingerprint density at radius 2 is 1.57 bits per heavy atom. The number of amides is 3. The van der Waals surface area contributed by atoms with Crippen molar-refractivity contribution in [2.45, 2.75) is 39.3 Å². The standard InChI is InChI=1S/C33H36N4O7/c1-19-12-13-21(29(38)37-26(20-10-8-7-9-11-20)18-34-32(41)44-33(2,3)4)15-24(19)35-30(39)23-14-22-16-27(42-5)28(43-6)17-25(22)36-31(23)40/h7-17,26H,18H2,1-6H3,(H,34,41)(H,35,39)(H,36,40)(H,37,38). The number of anilines is 1. The fraction of sp³-hybridized carbons (Fsp3) is 0.273. The molecule has 4 aromatic rings. The second kappa shape index (κ2) is 13.3. The summed E-state index contributed by atoms with van der Waals surface area (Å²) >= 11 is 0. The first-order valence-electron chi connectivity index (χ1n) is 13.9. The Balaban J connectivity index is 1.55. The number of fused-ring (bicyclic) bond motifs is 1. The summed E-state index contributed by atoms with van der Waals surface area (Å²) in [5, 5.41) is 8.99. The van der Waals surface area contributed by atoms with Gasteiger partial charge in [-0.3, -0.25) is 14.4 Å². The third-order valence-corrected chi connectivity index (χ3v) is 6.70. The first-order valence-corrected chi connectivity index (χ1v) is 13.9. The van der Waals surface area contributed by atoms with E-state index in [9.17, 15) is 19.2 Å². The number of H-pyrrole nitrogens is 1. The fourth-order valence-corrected chi connectivity index (χ4v) is 4.47. The van der Waals surface area contributed by atoms with Gasteiger partial charge in [-0.25, -0.2) is 4.79 Å². The Labute approximate surface area is 254 Å². The molecule has 11 heteroatoms. The molecule has 44 heavy (non-hydrogen) atoms. The van der Waals surface area contributed by atoms with E-state index in [1.54, 1.807) is 52.0 Å². The molecule has 0 fully saturated rings. The zero-order chi connectivity index (χ0) is 32.0. The molecule has 0 radical (unpaired) electrons. The largest absolute Gasteiger partial charge is 0.493 e. The average Bonchev–Trinajstić information content (AvgIpc) is 2.98. The highest BCUT2D eigenvalue weighted by molar-refractivity contribution is 6.07. The first kappa shape index (κ1) is 31.6. The molecule has 1 heterocycles. The van der Waals surface area contributed by atoms with Crippen molar-refractivity contribution >= 4 is 34.5 Å². The number of carbonyl (C=O) groups is 3. The molecule has 0 aliphatic carbocycles. The van der Waals surface area contributed by atoms with Crippen LogP contribution in [0.3, 0.4) is 0 Å². The van der Waals surface area contributed by atoms with Gasteiger partial charge in [0.2, 0.25) is 0 Å². The third-order valence-electron chi connectivity index (χ3n) is 6.70. The van der Waals surface area contributed by atoms with E-state index in [-0.39, 0.29) is 17.7 Å². The molecule has 3 aromatic carbocycles. The van der Waals surface area contributed by atoms with Gasteiger partial charge in [0.05, 0.1) is 25.8 Å². The number of nitrogens with one attached hydrogen (secondary N) is 4. The van der Waals surface area contributed by atoms with Crippen molar-refractivity contribution in [1.82, 2.24) is 15.6 Å². The van der Waals surface area contributed by atoms with Crippen LogP contribution < -0.4 is 31.0 Å². The number of methoxy groups -OCH3 is 2. The maximum Gasteiger partial charge on any atom is 0.407 e. The SMILES string of the molecule is COc1cc2cc(C(=O)Nc3cc(C(=O)NC(CNC(=O)OC(C)(C)C)c4ccccc4)ccc3C)c(=O)[nH]c2cc1OC. The topological polar surface area (TPSA) is 148 Å². The van der Waals surface area contributed by atoms with Gasteiger partial charge in [-0.1, -0.05) is 36.4 Å². The number of alkyl carbamates (subject to hydrolysis) is 1. The highest BCUT2D eigenvalue weighted by atomic mass is 16.6. The van der Waals surface area contributed by atoms with Crippen LogP contribution in [0, 0.1) is 6.92 Å². The van der Waals surface area contributed by atoms with Crippen LogP contribution in [0.25, 0.3) is 10.9 Å². The summed E-state index contributed by atoms with van der Waals surface area (Å²) in [5.74, 6) is -0.186. The highest BCUT2D eigenvalue weighted by Crippen LogP contribution is 2.31. The number of carbonyl (C=O) groups excluding carboxylic acids is 3. The minimum Gasteiger partial charge on any atom is -0.493 e. The number of hydrogen-bond acceptors (Lipinski definition) is 7. The molecule has 0 saturated heterocycles. The van der Waals surface area contributed by atoms with Crippen molar-refractivity contribution in [3.63, 3.8) is 0 Å². The zero-order valence-corrected chi connectivity index (χ0v) is 25.5. The Hall–Kier alpha value is -5.32. The van der Waals surface area contributed by atoms with Crippen LogP contribution in [0.5, 0.6) is 11.5 Å². The lowest BCUT2D eigenvalue weighted by Gasteiger charge is -2.23. The fourth-order valence-electron chi connectivity index (χ4n) is 4.47. The molecule has 0 aliphatic rings. The summed E-state index contributed by atoms with van der Waals surface area (Å²) in [6, 6.07) is 18.3. The van der Waals surface area contributed by atoms with Crippen LogP contribution in [-0.4, -0.2) is 49.3 Å². The first-order chi connectivity index (χ1) is 20.9. The molecule has 3 amide bonds. The average molecular weight is 601 g/mol. The summed E-state index contributed by atoms with van der Waals surface area (Å²) in [5.41, 5.74) is 1.20. The van der Waals surface area contributed by atoms with Gasteiger partial charge in [0, 0.05) is 29.2 Å². The summed E-state index contributed by atoms with van der Waals surface area (Å²) in [6.07, 6.45) is -0.603. The van der Waals surface area contributed by atoms with E-state index in [4.69, 9.17) is 14.2 Å². The van der Waals surface area contributed by atoms with Crippen LogP contribution in [0.2, 0.25) is 0 Å². The molecular weight excluding hydrogens is 564 g/mol. The second-order valence-electron chi connectivity index (χ2n) is 11.1. The molecule has 11 nitrogen and oxygen atoms in total. The van der Waals surface area contributed by atoms with E-state index in [1.807, 2.05) is 30.3 Å². The molecule has 0 aliphatic heterocycles. The summed E-state index contributed by atoms with van der Waals surface area (Å²) in [7, 11) is 2.98. The van der Waals surface area contributed by atoms with Crippen molar-refractivity contribution in [3.05, 3.63) is 99.3 Å². The van der Waals surface area contributed by atoms with Crippen molar-refractivity contribution in [1.29, 1.82) is 0 Å². The van der Waals surface area contributed by atoms with Gasteiger partial charge >= 0.3 is 6.09 Å². The molecular formula is C33H36N4O7. The van der Waals surface area contributed by atoms with Gasteiger partial charge in [-0.15, -0.1) is 0 Å². The number of aromatic nitrogens is 1. The van der Waals surface area contributed by atoms with E-state index in [0.717, 1.165) is 5.56 Å². The third kappa shape index (κ3) is 7.74. The number of aryl methyl sites for hydroxylation is 1. The lowest BCUT2D eigenvalue weighted by molar-refractivity contribution is 0.0519. The quantitative estimate of drug-likeness (QED) is 0.209. The van der Waals surface area contributed by atoms with Crippen molar-refractivity contribution in [2.24, 2.45) is 0 Å². The van der Waals surface area contributed by atoms with Gasteiger partial charge in [0.1, 0.15) is 11.2 Å². The monoisotopic (exact) mass is 600 g/mol. The Bertz CT molecular complexity index is 1740. The highest BCUT2D eigenvalue weighted by Gasteiger charge is 2.21. The number of ether oxygens (including phenoxy) is 3. The Morgan fingerprint density at radius 1 is 0.886 bits per heavy atom. The van der Waals surface area contributed by atoms with Crippen molar-refractivity contribution < 1.29 is 28.6 Å². The maximum atomic E-state index is 13.4. The van der Waals surface area contributed by atoms with Crippen LogP contribution in [-0.2, 0) is 4.74 Å². The number of aromatic amines is 1. The predicted octanol–water partition coefficient (Wildman–Crippen LogP) is 5.10. The zero-order valence-electron chi connectivity index (χ0n) is 25.5. The molecule has 0 bridgehead atoms. The molecule has 0 saturated carbocycles. The Kier molecular flexibility index (Phi) is 9.57. The van der Waals surface area contributed by atoms with Gasteiger partial charge in [0.25, 0.3) is 17.4 Å². The normalized spacial score (nSPS) is 11.8. The summed E-state index contributed by atoms with van der Waals surface area (Å²) in [6.45, 7) is 7.16. The predicted molar refractivity (Wildman–Crippen MR) is 168 cm³/mol. The molecule has 230 valence electrons. The van der Waals surface area contributed by atoms with E-state index < -0.39 is 35.1 Å². The van der Waals surface area contributed by atoms with Gasteiger partial charge in [-0.05, 0) is 63.1 Å². The number of benzene rings is 3. The lowest BCUT2D eigenvalue weighted by atomic mass is 10.0. The van der Waals surface area contributed by atoms with Crippen LogP contribution in [0.1, 0.15) is 58.7 Å². The van der Waals surface area contributed by atoms with Crippen molar-refractivity contribution in [2.75, 3.05) is 26.1 Å². The Morgan fingerprint density at radius 3 is 2.23 bits per heavy atom. The van der Waals surface area contributed by atoms with E-state index >= 15 is 0 Å². The lowest BCUT2D eigenvalue weighted by Crippen LogP contribution is -2.40. The maximum absolute atomic E-state index is 13.4. The number of hydrogen-bond donors (Lipinski definition) is 4. The molecule has 0 spiro atoms. The molecule has 4 rings (SSSR count). The molecule has 4 N–H and O–H groups in total. The van der Waals surface area contributed by atoms with E-state index in [2.05, 4.69) is 20.9 Å². The van der Waals surface area contributed by atoms with Crippen LogP contribution >= 0.6 is 0 Å². The van der Waals surface area contributed by atoms with Gasteiger partial charge in [-0.2, -0.15) is 0 Å². The van der Waals surface area contributed by atoms with E-state index in [1.165, 1.54) is 26.4 Å². The smallest absolute Gasteiger partial charge is 0.407 e. The van der Waals surface area contributed by atoms with Crippen molar-refractivity contribution in [3.8, 4) is 11.5 Å². The summed E-state index contributed by atoms with van der Waals surface area (Å²) in [4.78, 5) is 54.5. The van der Waals surface area contributed by atoms with Gasteiger partial charge in [0.15, 0.2) is 11.5 Å². The van der Waals surface area contributed by atoms with Crippen LogP contribution in [0.15, 0.2) is 71.5 Å². The molecule has 1 atom stereocenters. The molecule has 1 unspecified atom stereocenters. The summed E-state index contributed by atoms with van der Waals surface area (Å²) < 4.78 is 16.0. The second-order valence-corrected chi connectivity index (χ2v) is 11.1. The number of rotatable bonds is 9. The van der Waals surface area contributed by atoms with Crippen LogP contribution in [0.4, 0.5) is 10.5 Å². The minimum absolute atomic E-state index is 0.0848. The minimum atomic E-state index is -0.670. The van der Waals surface area contributed by atoms with Gasteiger partial charge < -0.3 is 35.1 Å². The molecule has 1 aromatic heterocycles.